The highest BCUT2D eigenvalue weighted by molar-refractivity contribution is 5.77. The number of rotatable bonds is 4. The molecule has 0 unspecified atom stereocenters. The van der Waals surface area contributed by atoms with Crippen LogP contribution in [0.15, 0.2) is 47.7 Å². The summed E-state index contributed by atoms with van der Waals surface area (Å²) in [6.07, 6.45) is 5.32. The number of hydrogen-bond donors (Lipinski definition) is 1. The van der Waals surface area contributed by atoms with Gasteiger partial charge in [-0.05, 0) is 24.3 Å². The van der Waals surface area contributed by atoms with Crippen LogP contribution in [0.1, 0.15) is 5.69 Å². The van der Waals surface area contributed by atoms with Crippen molar-refractivity contribution in [2.24, 2.45) is 12.8 Å². The van der Waals surface area contributed by atoms with Gasteiger partial charge in [0.05, 0.1) is 18.3 Å². The molecule has 4 aromatic heterocycles. The van der Waals surface area contributed by atoms with Gasteiger partial charge in [-0.2, -0.15) is 0 Å². The Balaban J connectivity index is 1.90. The van der Waals surface area contributed by atoms with E-state index in [1.54, 1.807) is 42.3 Å². The number of ether oxygens (including phenoxy) is 1. The van der Waals surface area contributed by atoms with Crippen LogP contribution in [0.2, 0.25) is 0 Å². The highest BCUT2D eigenvalue weighted by atomic mass is 16.5. The molecule has 2 N–H and O–H groups in total. The molecule has 9 nitrogen and oxygen atoms in total. The molecule has 4 aromatic rings. The van der Waals surface area contributed by atoms with E-state index >= 15 is 0 Å². The van der Waals surface area contributed by atoms with E-state index in [0.29, 0.717) is 17.0 Å². The molecule has 0 aliphatic carbocycles. The van der Waals surface area contributed by atoms with Gasteiger partial charge in [0.1, 0.15) is 6.04 Å². The molecule has 4 heterocycles. The lowest BCUT2D eigenvalue weighted by Crippen LogP contribution is -2.34. The fourth-order valence-corrected chi connectivity index (χ4v) is 3.24. The molecule has 1 atom stereocenters. The van der Waals surface area contributed by atoms with Gasteiger partial charge in [0.2, 0.25) is 0 Å². The van der Waals surface area contributed by atoms with Gasteiger partial charge in [0, 0.05) is 37.8 Å². The predicted octanol–water partition coefficient (Wildman–Crippen LogP) is 0.415. The largest absolute Gasteiger partial charge is 0.468 e. The Morgan fingerprint density at radius 3 is 2.78 bits per heavy atom. The number of imidazole rings is 2. The maximum absolute atomic E-state index is 12.8. The minimum atomic E-state index is -0.784. The standard InChI is InChI=1S/C18H18N6O3/c1-22-13-4-3-7-20-16(13)24(18(22)26)14-6-5-11(10-12(19)17(25)27-2)23-9-8-21-15(14)23/h3-9,12H,10,19H2,1-2H3/t12-/m0/s1. The van der Waals surface area contributed by atoms with Gasteiger partial charge in [-0.3, -0.25) is 9.36 Å². The Bertz CT molecular complexity index is 1220. The van der Waals surface area contributed by atoms with E-state index in [0.717, 1.165) is 11.2 Å². The van der Waals surface area contributed by atoms with E-state index in [1.807, 2.05) is 16.5 Å². The number of fused-ring (bicyclic) bond motifs is 2. The van der Waals surface area contributed by atoms with Gasteiger partial charge in [-0.25, -0.2) is 19.3 Å². The molecule has 138 valence electrons. The van der Waals surface area contributed by atoms with E-state index in [4.69, 9.17) is 10.5 Å². The minimum Gasteiger partial charge on any atom is -0.468 e. The van der Waals surface area contributed by atoms with Gasteiger partial charge in [0.25, 0.3) is 0 Å². The van der Waals surface area contributed by atoms with Crippen molar-refractivity contribution in [1.29, 1.82) is 0 Å². The summed E-state index contributed by atoms with van der Waals surface area (Å²) in [5.41, 5.74) is 8.91. The highest BCUT2D eigenvalue weighted by Crippen LogP contribution is 2.20. The number of hydrogen-bond acceptors (Lipinski definition) is 6. The summed E-state index contributed by atoms with van der Waals surface area (Å²) < 4.78 is 9.58. The average Bonchev–Trinajstić information content (AvgIpc) is 3.27. The summed E-state index contributed by atoms with van der Waals surface area (Å²) in [6.45, 7) is 0. The number of pyridine rings is 2. The van der Waals surface area contributed by atoms with Crippen molar-refractivity contribution < 1.29 is 9.53 Å². The van der Waals surface area contributed by atoms with Crippen molar-refractivity contribution in [2.75, 3.05) is 7.11 Å². The van der Waals surface area contributed by atoms with Crippen LogP contribution in [0.4, 0.5) is 0 Å². The van der Waals surface area contributed by atoms with Crippen LogP contribution in [-0.4, -0.2) is 42.6 Å². The Morgan fingerprint density at radius 1 is 1.22 bits per heavy atom. The molecule has 0 radical (unpaired) electrons. The first-order chi connectivity index (χ1) is 13.0. The Hall–Kier alpha value is -3.46. The average molecular weight is 366 g/mol. The number of carbonyl (C=O) groups excluding carboxylic acids is 1. The minimum absolute atomic E-state index is 0.215. The van der Waals surface area contributed by atoms with E-state index in [2.05, 4.69) is 9.97 Å². The topological polar surface area (TPSA) is 109 Å². The zero-order chi connectivity index (χ0) is 19.1. The molecule has 0 saturated carbocycles. The molecular formula is C18H18N6O3. The summed E-state index contributed by atoms with van der Waals surface area (Å²) in [4.78, 5) is 33.2. The lowest BCUT2D eigenvalue weighted by molar-refractivity contribution is -0.142. The fraction of sp³-hybridized carbons (Fsp3) is 0.222. The fourth-order valence-electron chi connectivity index (χ4n) is 3.24. The predicted molar refractivity (Wildman–Crippen MR) is 98.8 cm³/mol. The summed E-state index contributed by atoms with van der Waals surface area (Å²) in [7, 11) is 3.01. The number of carbonyl (C=O) groups is 1. The number of nitrogens with zero attached hydrogens (tertiary/aromatic N) is 5. The first-order valence-corrected chi connectivity index (χ1v) is 8.34. The van der Waals surface area contributed by atoms with Crippen LogP contribution in [0.5, 0.6) is 0 Å². The van der Waals surface area contributed by atoms with Crippen LogP contribution in [-0.2, 0) is 23.0 Å². The van der Waals surface area contributed by atoms with Gasteiger partial charge in [-0.1, -0.05) is 0 Å². The second-order valence-electron chi connectivity index (χ2n) is 6.19. The van der Waals surface area contributed by atoms with Crippen molar-refractivity contribution in [1.82, 2.24) is 23.5 Å². The van der Waals surface area contributed by atoms with Crippen molar-refractivity contribution in [3.63, 3.8) is 0 Å². The zero-order valence-corrected chi connectivity index (χ0v) is 14.9. The molecule has 0 aliphatic rings. The molecule has 0 aliphatic heterocycles. The summed E-state index contributed by atoms with van der Waals surface area (Å²) >= 11 is 0. The molecule has 0 amide bonds. The molecule has 0 spiro atoms. The van der Waals surface area contributed by atoms with E-state index in [-0.39, 0.29) is 12.1 Å². The van der Waals surface area contributed by atoms with Crippen LogP contribution in [0, 0.1) is 0 Å². The first-order valence-electron chi connectivity index (χ1n) is 8.34. The first kappa shape index (κ1) is 17.0. The molecular weight excluding hydrogens is 348 g/mol. The third kappa shape index (κ3) is 2.59. The van der Waals surface area contributed by atoms with Crippen LogP contribution in [0.25, 0.3) is 22.5 Å². The van der Waals surface area contributed by atoms with Crippen molar-refractivity contribution >= 4 is 22.8 Å². The number of aryl methyl sites for hydroxylation is 1. The number of methoxy groups -OCH3 is 1. The van der Waals surface area contributed by atoms with Gasteiger partial charge < -0.3 is 14.9 Å². The second kappa shape index (κ2) is 6.36. The molecule has 4 rings (SSSR count). The van der Waals surface area contributed by atoms with Crippen LogP contribution >= 0.6 is 0 Å². The van der Waals surface area contributed by atoms with Crippen molar-refractivity contribution in [2.45, 2.75) is 12.5 Å². The third-order valence-corrected chi connectivity index (χ3v) is 4.60. The molecule has 0 saturated heterocycles. The molecule has 0 aromatic carbocycles. The molecule has 0 fully saturated rings. The van der Waals surface area contributed by atoms with Crippen LogP contribution in [0.3, 0.4) is 0 Å². The highest BCUT2D eigenvalue weighted by Gasteiger charge is 2.20. The molecule has 0 bridgehead atoms. The van der Waals surface area contributed by atoms with Crippen molar-refractivity contribution in [3.05, 3.63) is 59.0 Å². The van der Waals surface area contributed by atoms with Crippen molar-refractivity contribution in [3.8, 4) is 5.69 Å². The quantitative estimate of drug-likeness (QED) is 0.524. The van der Waals surface area contributed by atoms with Gasteiger partial charge in [-0.15, -0.1) is 0 Å². The van der Waals surface area contributed by atoms with Crippen LogP contribution < -0.4 is 11.4 Å². The van der Waals surface area contributed by atoms with Gasteiger partial charge in [0.15, 0.2) is 11.3 Å². The number of esters is 1. The summed E-state index contributed by atoms with van der Waals surface area (Å²) in [6, 6.07) is 6.45. The Morgan fingerprint density at radius 2 is 2.00 bits per heavy atom. The maximum Gasteiger partial charge on any atom is 0.334 e. The Kier molecular flexibility index (Phi) is 4.00. The monoisotopic (exact) mass is 366 g/mol. The smallest absolute Gasteiger partial charge is 0.334 e. The number of aromatic nitrogens is 5. The van der Waals surface area contributed by atoms with E-state index in [9.17, 15) is 9.59 Å². The van der Waals surface area contributed by atoms with E-state index in [1.165, 1.54) is 11.7 Å². The summed E-state index contributed by atoms with van der Waals surface area (Å²) in [5.74, 6) is -0.484. The lowest BCUT2D eigenvalue weighted by atomic mass is 10.1. The molecule has 9 heteroatoms. The SMILES string of the molecule is COC(=O)[C@@H](N)Cc1ccc(-n2c(=O)n(C)c3cccnc32)c2nccn12. The Labute approximate surface area is 153 Å². The normalized spacial score (nSPS) is 12.6. The van der Waals surface area contributed by atoms with Gasteiger partial charge >= 0.3 is 11.7 Å². The summed E-state index contributed by atoms with van der Waals surface area (Å²) in [5, 5.41) is 0. The zero-order valence-electron chi connectivity index (χ0n) is 14.9. The third-order valence-electron chi connectivity index (χ3n) is 4.60. The molecule has 27 heavy (non-hydrogen) atoms. The maximum atomic E-state index is 12.8. The second-order valence-corrected chi connectivity index (χ2v) is 6.19. The van der Waals surface area contributed by atoms with E-state index < -0.39 is 12.0 Å². The lowest BCUT2D eigenvalue weighted by Gasteiger charge is -2.13. The number of nitrogens with two attached hydrogens (primary N) is 1.